The van der Waals surface area contributed by atoms with Gasteiger partial charge in [0.25, 0.3) is 5.56 Å². The van der Waals surface area contributed by atoms with Crippen LogP contribution in [-0.2, 0) is 11.3 Å². The maximum absolute atomic E-state index is 12.7. The maximum atomic E-state index is 12.7. The van der Waals surface area contributed by atoms with Crippen LogP contribution in [-0.4, -0.2) is 60.4 Å². The van der Waals surface area contributed by atoms with E-state index in [9.17, 15) is 4.79 Å². The highest BCUT2D eigenvalue weighted by Crippen LogP contribution is 2.30. The summed E-state index contributed by atoms with van der Waals surface area (Å²) in [6, 6.07) is 6.14. The predicted octanol–water partition coefficient (Wildman–Crippen LogP) is 1.96. The third-order valence-corrected chi connectivity index (χ3v) is 6.24. The Bertz CT molecular complexity index is 862. The van der Waals surface area contributed by atoms with Crippen molar-refractivity contribution in [3.05, 3.63) is 34.9 Å². The third-order valence-electron chi connectivity index (χ3n) is 6.24. The molecule has 6 nitrogen and oxygen atoms in total. The number of benzene rings is 1. The largest absolute Gasteiger partial charge is 0.381 e. The summed E-state index contributed by atoms with van der Waals surface area (Å²) in [6.07, 6.45) is 5.41. The molecule has 2 aliphatic heterocycles. The molecule has 3 fully saturated rings. The van der Waals surface area contributed by atoms with E-state index in [0.717, 1.165) is 63.4 Å². The van der Waals surface area contributed by atoms with E-state index >= 15 is 0 Å². The van der Waals surface area contributed by atoms with Crippen molar-refractivity contribution in [3.63, 3.8) is 0 Å². The highest BCUT2D eigenvalue weighted by atomic mass is 16.5. The normalized spacial score (nSPS) is 24.0. The smallest absolute Gasteiger partial charge is 0.261 e. The number of nitrogens with zero attached hydrogens (tertiary/aromatic N) is 4. The standard InChI is InChI=1S/C21H28N4O2/c26-21-19-4-3-18(11-20(19)22-15-25(21)13-16-1-2-16)24-8-6-23(7-9-24)12-17-5-10-27-14-17/h3-4,11,15-17H,1-2,5-10,12-14H2. The van der Waals surface area contributed by atoms with Crippen molar-refractivity contribution in [2.75, 3.05) is 50.8 Å². The fourth-order valence-electron chi connectivity index (χ4n) is 4.33. The molecule has 3 aliphatic rings. The van der Waals surface area contributed by atoms with Gasteiger partial charge in [-0.15, -0.1) is 0 Å². The Hall–Kier alpha value is -1.92. The summed E-state index contributed by atoms with van der Waals surface area (Å²) in [7, 11) is 0. The Morgan fingerprint density at radius 2 is 1.89 bits per heavy atom. The quantitative estimate of drug-likeness (QED) is 0.808. The number of piperazine rings is 1. The van der Waals surface area contributed by atoms with Crippen molar-refractivity contribution in [2.24, 2.45) is 11.8 Å². The highest BCUT2D eigenvalue weighted by molar-refractivity contribution is 5.81. The van der Waals surface area contributed by atoms with Crippen molar-refractivity contribution >= 4 is 16.6 Å². The molecule has 1 saturated carbocycles. The van der Waals surface area contributed by atoms with Gasteiger partial charge in [-0.2, -0.15) is 0 Å². The molecule has 3 heterocycles. The second kappa shape index (κ2) is 7.24. The Balaban J connectivity index is 1.27. The summed E-state index contributed by atoms with van der Waals surface area (Å²) in [4.78, 5) is 22.2. The van der Waals surface area contributed by atoms with Gasteiger partial charge in [0.2, 0.25) is 0 Å². The van der Waals surface area contributed by atoms with E-state index in [1.807, 2.05) is 6.07 Å². The molecule has 0 bridgehead atoms. The van der Waals surface area contributed by atoms with E-state index in [4.69, 9.17) is 4.74 Å². The molecule has 0 radical (unpaired) electrons. The lowest BCUT2D eigenvalue weighted by Gasteiger charge is -2.37. The number of anilines is 1. The van der Waals surface area contributed by atoms with Crippen molar-refractivity contribution in [1.29, 1.82) is 0 Å². The van der Waals surface area contributed by atoms with Gasteiger partial charge in [0.1, 0.15) is 0 Å². The second-order valence-electron chi connectivity index (χ2n) is 8.36. The van der Waals surface area contributed by atoms with Crippen LogP contribution in [0.1, 0.15) is 19.3 Å². The predicted molar refractivity (Wildman–Crippen MR) is 106 cm³/mol. The van der Waals surface area contributed by atoms with Gasteiger partial charge in [-0.05, 0) is 49.3 Å². The van der Waals surface area contributed by atoms with Gasteiger partial charge in [-0.1, -0.05) is 0 Å². The topological polar surface area (TPSA) is 50.6 Å². The molecular weight excluding hydrogens is 340 g/mol. The van der Waals surface area contributed by atoms with Gasteiger partial charge in [-0.25, -0.2) is 4.98 Å². The van der Waals surface area contributed by atoms with Crippen LogP contribution < -0.4 is 10.5 Å². The number of rotatable bonds is 5. The highest BCUT2D eigenvalue weighted by Gasteiger charge is 2.24. The molecule has 0 amide bonds. The van der Waals surface area contributed by atoms with Gasteiger partial charge in [0.05, 0.1) is 23.8 Å². The van der Waals surface area contributed by atoms with E-state index in [0.29, 0.717) is 11.8 Å². The molecule has 1 aliphatic carbocycles. The first-order valence-electron chi connectivity index (χ1n) is 10.3. The van der Waals surface area contributed by atoms with Gasteiger partial charge < -0.3 is 9.64 Å². The van der Waals surface area contributed by atoms with Crippen molar-refractivity contribution < 1.29 is 4.74 Å². The lowest BCUT2D eigenvalue weighted by molar-refractivity contribution is 0.164. The Labute approximate surface area is 159 Å². The molecule has 2 saturated heterocycles. The average Bonchev–Trinajstić information content (AvgIpc) is 3.37. The zero-order valence-electron chi connectivity index (χ0n) is 15.8. The van der Waals surface area contributed by atoms with Crippen LogP contribution in [0.25, 0.3) is 10.9 Å². The number of aromatic nitrogens is 2. The first-order valence-corrected chi connectivity index (χ1v) is 10.3. The van der Waals surface area contributed by atoms with Gasteiger partial charge in [0, 0.05) is 51.6 Å². The van der Waals surface area contributed by atoms with E-state index in [1.54, 1.807) is 10.9 Å². The summed E-state index contributed by atoms with van der Waals surface area (Å²) in [5.74, 6) is 1.38. The van der Waals surface area contributed by atoms with Crippen molar-refractivity contribution in [2.45, 2.75) is 25.8 Å². The fraction of sp³-hybridized carbons (Fsp3) is 0.619. The summed E-state index contributed by atoms with van der Waals surface area (Å²) >= 11 is 0. The summed E-state index contributed by atoms with van der Waals surface area (Å²) in [5.41, 5.74) is 2.09. The Kier molecular flexibility index (Phi) is 4.61. The zero-order chi connectivity index (χ0) is 18.2. The number of hydrogen-bond donors (Lipinski definition) is 0. The molecule has 2 aromatic rings. The molecular formula is C21H28N4O2. The first kappa shape index (κ1) is 17.2. The molecule has 27 heavy (non-hydrogen) atoms. The molecule has 1 atom stereocenters. The zero-order valence-corrected chi connectivity index (χ0v) is 15.8. The van der Waals surface area contributed by atoms with Crippen LogP contribution in [0.3, 0.4) is 0 Å². The molecule has 5 rings (SSSR count). The molecule has 1 aromatic carbocycles. The van der Waals surface area contributed by atoms with Crippen LogP contribution in [0, 0.1) is 11.8 Å². The van der Waals surface area contributed by atoms with E-state index in [2.05, 4.69) is 26.9 Å². The molecule has 0 N–H and O–H groups in total. The Morgan fingerprint density at radius 1 is 1.04 bits per heavy atom. The minimum atomic E-state index is 0.0991. The lowest BCUT2D eigenvalue weighted by atomic mass is 10.1. The minimum absolute atomic E-state index is 0.0991. The van der Waals surface area contributed by atoms with Gasteiger partial charge in [0.15, 0.2) is 0 Å². The van der Waals surface area contributed by atoms with Crippen LogP contribution in [0.15, 0.2) is 29.3 Å². The second-order valence-corrected chi connectivity index (χ2v) is 8.36. The molecule has 1 aromatic heterocycles. The summed E-state index contributed by atoms with van der Waals surface area (Å²) in [5, 5.41) is 0.738. The SMILES string of the molecule is O=c1c2ccc(N3CCN(CC4CCOC4)CC3)cc2ncn1CC1CC1. The van der Waals surface area contributed by atoms with Crippen molar-refractivity contribution in [1.82, 2.24) is 14.5 Å². The number of hydrogen-bond acceptors (Lipinski definition) is 5. The maximum Gasteiger partial charge on any atom is 0.261 e. The van der Waals surface area contributed by atoms with Crippen LogP contribution in [0.5, 0.6) is 0 Å². The van der Waals surface area contributed by atoms with Crippen LogP contribution in [0.4, 0.5) is 5.69 Å². The fourth-order valence-corrected chi connectivity index (χ4v) is 4.33. The van der Waals surface area contributed by atoms with Gasteiger partial charge in [-0.3, -0.25) is 14.3 Å². The summed E-state index contributed by atoms with van der Waals surface area (Å²) < 4.78 is 7.28. The molecule has 1 unspecified atom stereocenters. The first-order chi connectivity index (χ1) is 13.3. The Morgan fingerprint density at radius 3 is 2.63 bits per heavy atom. The van der Waals surface area contributed by atoms with Gasteiger partial charge >= 0.3 is 0 Å². The van der Waals surface area contributed by atoms with Crippen LogP contribution in [0.2, 0.25) is 0 Å². The monoisotopic (exact) mass is 368 g/mol. The lowest BCUT2D eigenvalue weighted by Crippen LogP contribution is -2.47. The van der Waals surface area contributed by atoms with E-state index in [1.165, 1.54) is 24.9 Å². The van der Waals surface area contributed by atoms with E-state index < -0.39 is 0 Å². The third kappa shape index (κ3) is 3.73. The number of ether oxygens (including phenoxy) is 1. The van der Waals surface area contributed by atoms with Crippen LogP contribution >= 0.6 is 0 Å². The number of fused-ring (bicyclic) bond motifs is 1. The average molecular weight is 368 g/mol. The molecule has 0 spiro atoms. The van der Waals surface area contributed by atoms with Crippen molar-refractivity contribution in [3.8, 4) is 0 Å². The van der Waals surface area contributed by atoms with E-state index in [-0.39, 0.29) is 5.56 Å². The molecule has 6 heteroatoms. The summed E-state index contributed by atoms with van der Waals surface area (Å²) in [6.45, 7) is 8.06. The molecule has 144 valence electrons. The minimum Gasteiger partial charge on any atom is -0.381 e.